The van der Waals surface area contributed by atoms with Crippen LogP contribution in [0.1, 0.15) is 15.9 Å². The number of fused-ring (bicyclic) bond motifs is 1. The van der Waals surface area contributed by atoms with Gasteiger partial charge in [-0.3, -0.25) is 19.1 Å². The Hall–Kier alpha value is -4.85. The van der Waals surface area contributed by atoms with E-state index in [9.17, 15) is 41.1 Å². The van der Waals surface area contributed by atoms with Gasteiger partial charge in [0, 0.05) is 13.1 Å². The Morgan fingerprint density at radius 1 is 1.00 bits per heavy atom. The molecule has 1 aliphatic rings. The Morgan fingerprint density at radius 3 is 2.47 bits per heavy atom. The predicted octanol–water partition coefficient (Wildman–Crippen LogP) is 4.33. The zero-order valence-electron chi connectivity index (χ0n) is 21.7. The lowest BCUT2D eigenvalue weighted by Crippen LogP contribution is -2.52. The molecule has 43 heavy (non-hydrogen) atoms. The second kappa shape index (κ2) is 11.4. The minimum absolute atomic E-state index is 0.00177. The number of rotatable bonds is 5. The van der Waals surface area contributed by atoms with E-state index >= 15 is 0 Å². The molecule has 0 saturated carbocycles. The van der Waals surface area contributed by atoms with Gasteiger partial charge in [-0.1, -0.05) is 23.7 Å². The van der Waals surface area contributed by atoms with Crippen LogP contribution in [-0.2, 0) is 16.1 Å². The number of ether oxygens (including phenoxy) is 1. The first-order chi connectivity index (χ1) is 20.3. The second-order valence-corrected chi connectivity index (χ2v) is 9.80. The lowest BCUT2D eigenvalue weighted by molar-refractivity contribution is -0.189. The number of benzene rings is 3. The average Bonchev–Trinajstić information content (AvgIpc) is 2.95. The molecule has 1 fully saturated rings. The van der Waals surface area contributed by atoms with Crippen LogP contribution in [0.4, 0.5) is 27.6 Å². The van der Waals surface area contributed by atoms with Crippen molar-refractivity contribution in [2.45, 2.75) is 12.7 Å². The lowest BCUT2D eigenvalue weighted by atomic mass is 10.1. The van der Waals surface area contributed by atoms with Gasteiger partial charge in [0.25, 0.3) is 5.91 Å². The molecule has 0 spiro atoms. The smallest absolute Gasteiger partial charge is 0.418 e. The van der Waals surface area contributed by atoms with Gasteiger partial charge >= 0.3 is 12.1 Å². The van der Waals surface area contributed by atoms with Crippen LogP contribution in [0.3, 0.4) is 0 Å². The number of amides is 2. The van der Waals surface area contributed by atoms with E-state index in [2.05, 4.69) is 9.84 Å². The number of alkyl halides is 3. The quantitative estimate of drug-likeness (QED) is 0.187. The van der Waals surface area contributed by atoms with Crippen LogP contribution in [-0.4, -0.2) is 58.3 Å². The van der Waals surface area contributed by atoms with E-state index in [1.54, 1.807) is 0 Å². The van der Waals surface area contributed by atoms with E-state index in [1.807, 2.05) is 0 Å². The maximum absolute atomic E-state index is 14.8. The molecule has 0 atom stereocenters. The van der Waals surface area contributed by atoms with Crippen LogP contribution in [0, 0.1) is 11.6 Å². The lowest BCUT2D eigenvalue weighted by Gasteiger charge is -2.34. The van der Waals surface area contributed by atoms with Crippen LogP contribution in [0.25, 0.3) is 10.9 Å². The molecule has 0 N–H and O–H groups in total. The van der Waals surface area contributed by atoms with Crippen molar-refractivity contribution in [1.82, 2.24) is 14.7 Å². The molecule has 9 nitrogen and oxygen atoms in total. The highest BCUT2D eigenvalue weighted by Gasteiger charge is 2.41. The van der Waals surface area contributed by atoms with Gasteiger partial charge in [-0.2, -0.15) is 18.3 Å². The molecule has 0 aliphatic carbocycles. The fourth-order valence-electron chi connectivity index (χ4n) is 4.58. The summed E-state index contributed by atoms with van der Waals surface area (Å²) in [5.74, 6) is -5.92. The molecule has 1 aromatic heterocycles. The van der Waals surface area contributed by atoms with Crippen molar-refractivity contribution in [3.8, 4) is 5.75 Å². The molecule has 2 heterocycles. The second-order valence-electron chi connectivity index (χ2n) is 9.39. The van der Waals surface area contributed by atoms with Gasteiger partial charge in [-0.05, 0) is 48.0 Å². The van der Waals surface area contributed by atoms with E-state index in [4.69, 9.17) is 11.6 Å². The maximum atomic E-state index is 14.8. The van der Waals surface area contributed by atoms with E-state index in [-0.39, 0.29) is 46.8 Å². The number of anilines is 1. The first kappa shape index (κ1) is 29.6. The number of halogens is 6. The van der Waals surface area contributed by atoms with Gasteiger partial charge in [-0.15, -0.1) is 0 Å². The molecule has 1 aliphatic heterocycles. The van der Waals surface area contributed by atoms with Crippen molar-refractivity contribution in [3.05, 3.63) is 98.8 Å². The molecule has 222 valence electrons. The minimum Gasteiger partial charge on any atom is -0.418 e. The predicted molar refractivity (Wildman–Crippen MR) is 143 cm³/mol. The van der Waals surface area contributed by atoms with Crippen molar-refractivity contribution in [2.75, 3.05) is 24.5 Å². The molecule has 5 rings (SSSR count). The maximum Gasteiger partial charge on any atom is 0.491 e. The minimum atomic E-state index is -5.31. The highest BCUT2D eigenvalue weighted by atomic mass is 35.5. The zero-order valence-corrected chi connectivity index (χ0v) is 22.5. The standard InChI is InChI=1S/C28H18ClF5N4O5/c29-19-11-16(30)5-7-21(19)37-9-8-36(14-24(37)40)26(41)18-10-15(4-6-20(18)31)13-38-25-17(22(39)12-35-38)2-1-3-23(25)43-27(42)28(32,33)34/h1-7,10-12H,8-9,13-14H2. The largest absolute Gasteiger partial charge is 0.491 e. The topological polar surface area (TPSA) is 102 Å². The number of aromatic nitrogens is 2. The molecule has 4 aromatic rings. The van der Waals surface area contributed by atoms with Gasteiger partial charge < -0.3 is 14.5 Å². The summed E-state index contributed by atoms with van der Waals surface area (Å²) < 4.78 is 72.4. The number of esters is 1. The normalized spacial score (nSPS) is 13.9. The van der Waals surface area contributed by atoms with Gasteiger partial charge in [0.05, 0.1) is 34.4 Å². The van der Waals surface area contributed by atoms with Crippen molar-refractivity contribution < 1.29 is 41.1 Å². The highest BCUT2D eigenvalue weighted by molar-refractivity contribution is 6.33. The summed E-state index contributed by atoms with van der Waals surface area (Å²) in [6.07, 6.45) is -4.40. The number of hydrogen-bond donors (Lipinski definition) is 0. The summed E-state index contributed by atoms with van der Waals surface area (Å²) in [5, 5.41) is 3.84. The molecule has 3 aromatic carbocycles. The third kappa shape index (κ3) is 6.04. The van der Waals surface area contributed by atoms with Crippen LogP contribution in [0.15, 0.2) is 65.6 Å². The fourth-order valence-corrected chi connectivity index (χ4v) is 4.85. The Morgan fingerprint density at radius 2 is 1.77 bits per heavy atom. The van der Waals surface area contributed by atoms with Crippen LogP contribution in [0.5, 0.6) is 5.75 Å². The summed E-state index contributed by atoms with van der Waals surface area (Å²) in [7, 11) is 0. The van der Waals surface area contributed by atoms with Crippen molar-refractivity contribution in [1.29, 1.82) is 0 Å². The van der Waals surface area contributed by atoms with Crippen molar-refractivity contribution in [3.63, 3.8) is 0 Å². The number of carbonyl (C=O) groups is 3. The summed E-state index contributed by atoms with van der Waals surface area (Å²) >= 11 is 6.06. The number of hydrogen-bond acceptors (Lipinski definition) is 6. The van der Waals surface area contributed by atoms with Crippen molar-refractivity contribution in [2.24, 2.45) is 0 Å². The number of carbonyl (C=O) groups excluding carboxylic acids is 3. The van der Waals surface area contributed by atoms with E-state index in [1.165, 1.54) is 35.2 Å². The molecule has 2 amide bonds. The molecular weight excluding hydrogens is 603 g/mol. The van der Waals surface area contributed by atoms with Crippen LogP contribution in [0.2, 0.25) is 5.02 Å². The average molecular weight is 621 g/mol. The Labute approximate surface area is 243 Å². The van der Waals surface area contributed by atoms with E-state index in [0.717, 1.165) is 40.0 Å². The van der Waals surface area contributed by atoms with Gasteiger partial charge in [0.1, 0.15) is 23.7 Å². The van der Waals surface area contributed by atoms with E-state index < -0.39 is 58.9 Å². The monoisotopic (exact) mass is 620 g/mol. The summed E-state index contributed by atoms with van der Waals surface area (Å²) in [6, 6.07) is 10.6. The Bertz CT molecular complexity index is 1850. The Balaban J connectivity index is 1.41. The zero-order chi connectivity index (χ0) is 31.1. The molecular formula is C28H18ClF5N4O5. The first-order valence-electron chi connectivity index (χ1n) is 12.4. The number of piperazine rings is 1. The van der Waals surface area contributed by atoms with Crippen molar-refractivity contribution >= 4 is 46.0 Å². The van der Waals surface area contributed by atoms with E-state index in [0.29, 0.717) is 0 Å². The molecule has 1 saturated heterocycles. The first-order valence-corrected chi connectivity index (χ1v) is 12.8. The third-order valence-electron chi connectivity index (χ3n) is 6.57. The fraction of sp³-hybridized carbons (Fsp3) is 0.179. The van der Waals surface area contributed by atoms with Gasteiger partial charge in [0.15, 0.2) is 5.75 Å². The number of para-hydroxylation sites is 1. The third-order valence-corrected chi connectivity index (χ3v) is 6.88. The molecule has 15 heteroatoms. The highest BCUT2D eigenvalue weighted by Crippen LogP contribution is 2.29. The Kier molecular flexibility index (Phi) is 7.88. The molecule has 0 unspecified atom stereocenters. The summed E-state index contributed by atoms with van der Waals surface area (Å²) in [4.78, 5) is 52.4. The van der Waals surface area contributed by atoms with Crippen LogP contribution < -0.4 is 15.1 Å². The molecule has 0 radical (unpaired) electrons. The van der Waals surface area contributed by atoms with Gasteiger partial charge in [0.2, 0.25) is 11.3 Å². The summed E-state index contributed by atoms with van der Waals surface area (Å²) in [6.45, 7) is -0.685. The number of nitrogens with zero attached hydrogens (tertiary/aromatic N) is 4. The van der Waals surface area contributed by atoms with Gasteiger partial charge in [-0.25, -0.2) is 13.6 Å². The summed E-state index contributed by atoms with van der Waals surface area (Å²) in [5.41, 5.74) is -0.771. The SMILES string of the molecule is O=C(c1cc(Cn2ncc(=O)c3cccc(OC(=O)C(F)(F)F)c32)ccc1F)N1CCN(c2ccc(F)cc2Cl)C(=O)C1. The van der Waals surface area contributed by atoms with Crippen LogP contribution >= 0.6 is 11.6 Å². The molecule has 0 bridgehead atoms.